The molecule has 0 amide bonds. The topological polar surface area (TPSA) is 98.7 Å². The minimum Gasteiger partial charge on any atom is -0.506 e. The van der Waals surface area contributed by atoms with Crippen molar-refractivity contribution in [3.8, 4) is 11.4 Å². The van der Waals surface area contributed by atoms with Crippen molar-refractivity contribution in [1.82, 2.24) is 29.8 Å². The van der Waals surface area contributed by atoms with Crippen molar-refractivity contribution in [2.24, 2.45) is 0 Å². The highest BCUT2D eigenvalue weighted by atomic mass is 16.3. The van der Waals surface area contributed by atoms with Gasteiger partial charge in [-0.2, -0.15) is 15.3 Å². The molecule has 1 unspecified atom stereocenters. The first kappa shape index (κ1) is 13.9. The molecule has 0 aliphatic rings. The number of rotatable bonds is 5. The van der Waals surface area contributed by atoms with Crippen LogP contribution in [0.1, 0.15) is 25.1 Å². The Balaban J connectivity index is 1.97. The highest BCUT2D eigenvalue weighted by Crippen LogP contribution is 2.22. The Morgan fingerprint density at radius 1 is 1.32 bits per heavy atom. The van der Waals surface area contributed by atoms with E-state index in [1.807, 2.05) is 0 Å². The molecule has 0 bridgehead atoms. The maximum Gasteiger partial charge on any atom is 0.143 e. The first-order chi connectivity index (χ1) is 10.6. The van der Waals surface area contributed by atoms with Crippen molar-refractivity contribution in [1.29, 1.82) is 0 Å². The van der Waals surface area contributed by atoms with Gasteiger partial charge in [0.05, 0.1) is 6.20 Å². The van der Waals surface area contributed by atoms with Gasteiger partial charge in [0, 0.05) is 6.42 Å². The summed E-state index contributed by atoms with van der Waals surface area (Å²) >= 11 is 0. The molecule has 3 rings (SSSR count). The van der Waals surface area contributed by atoms with Gasteiger partial charge in [-0.25, -0.2) is 9.67 Å². The van der Waals surface area contributed by atoms with Crippen LogP contribution in [0.4, 0.5) is 0 Å². The third-order valence-electron chi connectivity index (χ3n) is 3.18. The van der Waals surface area contributed by atoms with E-state index in [4.69, 9.17) is 0 Å². The molecule has 0 aliphatic carbocycles. The van der Waals surface area contributed by atoms with Crippen molar-refractivity contribution in [3.05, 3.63) is 48.8 Å². The van der Waals surface area contributed by atoms with E-state index >= 15 is 0 Å². The zero-order valence-corrected chi connectivity index (χ0v) is 11.9. The molecule has 1 atom stereocenters. The molecule has 0 radical (unpaired) electrons. The predicted octanol–water partition coefficient (Wildman–Crippen LogP) is 1.13. The number of aromatic hydroxyl groups is 1. The van der Waals surface area contributed by atoms with Gasteiger partial charge in [-0.3, -0.25) is 4.79 Å². The third kappa shape index (κ3) is 2.71. The van der Waals surface area contributed by atoms with Crippen LogP contribution >= 0.6 is 0 Å². The highest BCUT2D eigenvalue weighted by molar-refractivity contribution is 5.76. The zero-order valence-electron chi connectivity index (χ0n) is 11.9. The van der Waals surface area contributed by atoms with Gasteiger partial charge in [-0.05, 0) is 19.1 Å². The Labute approximate surface area is 126 Å². The Morgan fingerprint density at radius 2 is 2.14 bits per heavy atom. The SMILES string of the molecule is CC(=O)CC(c1cnn(-c2ccccc2O)n1)n1cncn1. The van der Waals surface area contributed by atoms with E-state index in [0.29, 0.717) is 11.4 Å². The van der Waals surface area contributed by atoms with Gasteiger partial charge in [-0.15, -0.1) is 4.80 Å². The molecule has 0 spiro atoms. The molecule has 3 aromatic rings. The van der Waals surface area contributed by atoms with Gasteiger partial charge in [0.25, 0.3) is 0 Å². The summed E-state index contributed by atoms with van der Waals surface area (Å²) in [6.07, 6.45) is 4.73. The molecule has 0 aliphatic heterocycles. The number of carbonyl (C=O) groups is 1. The summed E-state index contributed by atoms with van der Waals surface area (Å²) in [5, 5.41) is 22.4. The fourth-order valence-corrected chi connectivity index (χ4v) is 2.16. The van der Waals surface area contributed by atoms with Crippen molar-refractivity contribution in [2.75, 3.05) is 0 Å². The fourth-order valence-electron chi connectivity index (χ4n) is 2.16. The number of hydrogen-bond donors (Lipinski definition) is 1. The third-order valence-corrected chi connectivity index (χ3v) is 3.18. The molecule has 112 valence electrons. The first-order valence-electron chi connectivity index (χ1n) is 6.69. The molecule has 2 aromatic heterocycles. The second-order valence-electron chi connectivity index (χ2n) is 4.85. The minimum atomic E-state index is -0.375. The van der Waals surface area contributed by atoms with Gasteiger partial charge in [-0.1, -0.05) is 12.1 Å². The summed E-state index contributed by atoms with van der Waals surface area (Å²) in [4.78, 5) is 16.7. The summed E-state index contributed by atoms with van der Waals surface area (Å²) in [5.74, 6) is 0.0890. The lowest BCUT2D eigenvalue weighted by atomic mass is 10.1. The number of carbonyl (C=O) groups excluding carboxylic acids is 1. The lowest BCUT2D eigenvalue weighted by Crippen LogP contribution is -2.15. The molecule has 2 heterocycles. The maximum atomic E-state index is 11.5. The molecule has 0 fully saturated rings. The van der Waals surface area contributed by atoms with Crippen LogP contribution in [0.15, 0.2) is 43.1 Å². The fraction of sp³-hybridized carbons (Fsp3) is 0.214. The molecule has 8 heteroatoms. The molecule has 1 aromatic carbocycles. The molecule has 1 N–H and O–H groups in total. The number of nitrogens with zero attached hydrogens (tertiary/aromatic N) is 6. The number of aromatic nitrogens is 6. The van der Waals surface area contributed by atoms with Crippen LogP contribution < -0.4 is 0 Å². The number of ketones is 1. The lowest BCUT2D eigenvalue weighted by molar-refractivity contribution is -0.117. The molecule has 0 saturated carbocycles. The van der Waals surface area contributed by atoms with Gasteiger partial charge in [0.15, 0.2) is 0 Å². The van der Waals surface area contributed by atoms with Crippen LogP contribution in [0.5, 0.6) is 5.75 Å². The highest BCUT2D eigenvalue weighted by Gasteiger charge is 2.21. The average molecular weight is 298 g/mol. The van der Waals surface area contributed by atoms with Crippen molar-refractivity contribution < 1.29 is 9.90 Å². The van der Waals surface area contributed by atoms with E-state index in [-0.39, 0.29) is 24.0 Å². The normalized spacial score (nSPS) is 12.2. The summed E-state index contributed by atoms with van der Waals surface area (Å²) in [5.41, 5.74) is 1.04. The number of benzene rings is 1. The van der Waals surface area contributed by atoms with Gasteiger partial charge < -0.3 is 5.11 Å². The minimum absolute atomic E-state index is 0.0117. The van der Waals surface area contributed by atoms with Crippen LogP contribution in [-0.2, 0) is 4.79 Å². The number of Topliss-reactive ketones (excluding diaryl/α,β-unsaturated/α-hetero) is 1. The molecule has 22 heavy (non-hydrogen) atoms. The van der Waals surface area contributed by atoms with Gasteiger partial charge in [0.1, 0.15) is 41.6 Å². The number of phenolic OH excluding ortho intramolecular Hbond substituents is 1. The second-order valence-corrected chi connectivity index (χ2v) is 4.85. The number of hydrogen-bond acceptors (Lipinski definition) is 6. The summed E-state index contributed by atoms with van der Waals surface area (Å²) < 4.78 is 1.57. The summed E-state index contributed by atoms with van der Waals surface area (Å²) in [7, 11) is 0. The monoisotopic (exact) mass is 298 g/mol. The van der Waals surface area contributed by atoms with Gasteiger partial charge >= 0.3 is 0 Å². The summed E-state index contributed by atoms with van der Waals surface area (Å²) in [6, 6.07) is 6.39. The van der Waals surface area contributed by atoms with E-state index in [1.165, 1.54) is 24.4 Å². The molecule has 0 saturated heterocycles. The first-order valence-corrected chi connectivity index (χ1v) is 6.69. The standard InChI is InChI=1S/C14H14N6O2/c1-10(21)6-13(19-9-15-8-17-19)11-7-16-20(18-11)12-4-2-3-5-14(12)22/h2-5,7-9,13,22H,6H2,1H3. The van der Waals surface area contributed by atoms with Crippen molar-refractivity contribution in [3.63, 3.8) is 0 Å². The van der Waals surface area contributed by atoms with Crippen LogP contribution in [0.25, 0.3) is 5.69 Å². The Morgan fingerprint density at radius 3 is 2.82 bits per heavy atom. The number of para-hydroxylation sites is 2. The van der Waals surface area contributed by atoms with Crippen LogP contribution in [0.3, 0.4) is 0 Å². The van der Waals surface area contributed by atoms with Crippen LogP contribution in [0, 0.1) is 0 Å². The van der Waals surface area contributed by atoms with E-state index in [0.717, 1.165) is 0 Å². The quantitative estimate of drug-likeness (QED) is 0.758. The van der Waals surface area contributed by atoms with E-state index < -0.39 is 0 Å². The summed E-state index contributed by atoms with van der Waals surface area (Å²) in [6.45, 7) is 1.51. The molecular formula is C14H14N6O2. The van der Waals surface area contributed by atoms with Crippen molar-refractivity contribution in [2.45, 2.75) is 19.4 Å². The van der Waals surface area contributed by atoms with Gasteiger partial charge in [0.2, 0.25) is 0 Å². The van der Waals surface area contributed by atoms with E-state index in [2.05, 4.69) is 20.3 Å². The second kappa shape index (κ2) is 5.76. The lowest BCUT2D eigenvalue weighted by Gasteiger charge is -2.12. The Hall–Kier alpha value is -3.03. The molecule has 8 nitrogen and oxygen atoms in total. The van der Waals surface area contributed by atoms with E-state index in [1.54, 1.807) is 35.1 Å². The smallest absolute Gasteiger partial charge is 0.143 e. The van der Waals surface area contributed by atoms with Crippen LogP contribution in [-0.4, -0.2) is 40.6 Å². The Bertz CT molecular complexity index is 780. The maximum absolute atomic E-state index is 11.5. The van der Waals surface area contributed by atoms with Crippen LogP contribution in [0.2, 0.25) is 0 Å². The van der Waals surface area contributed by atoms with Crippen molar-refractivity contribution >= 4 is 5.78 Å². The Kier molecular flexibility index (Phi) is 3.65. The predicted molar refractivity (Wildman–Crippen MR) is 76.5 cm³/mol. The van der Waals surface area contributed by atoms with E-state index in [9.17, 15) is 9.90 Å². The average Bonchev–Trinajstić information content (AvgIpc) is 3.17. The number of phenols is 1. The molecular weight excluding hydrogens is 284 g/mol. The zero-order chi connectivity index (χ0) is 15.5. The largest absolute Gasteiger partial charge is 0.506 e.